The quantitative estimate of drug-likeness (QED) is 0.177. The van der Waals surface area contributed by atoms with Gasteiger partial charge in [-0.1, -0.05) is 90.4 Å². The van der Waals surface area contributed by atoms with Gasteiger partial charge < -0.3 is 0 Å². The maximum atomic E-state index is 11.9. The van der Waals surface area contributed by atoms with E-state index in [4.69, 9.17) is 4.18 Å². The molecular formula is C20H41FO3S. The van der Waals surface area contributed by atoms with Crippen LogP contribution in [-0.4, -0.2) is 27.5 Å². The number of halogens is 1. The van der Waals surface area contributed by atoms with E-state index in [2.05, 4.69) is 6.92 Å². The monoisotopic (exact) mass is 380 g/mol. The van der Waals surface area contributed by atoms with Gasteiger partial charge in [-0.25, -0.2) is 0 Å². The second-order valence-electron chi connectivity index (χ2n) is 7.08. The number of hydrogen-bond donors (Lipinski definition) is 0. The van der Waals surface area contributed by atoms with E-state index in [1.165, 1.54) is 70.6 Å². The standard InChI is InChI=1S/C20H41FO3S/c1-2-3-4-5-6-7-8-9-10-11-12-13-14-16-19-24-25(22,23)20-17-15-18-21/h2-20H2,1H3. The highest BCUT2D eigenvalue weighted by atomic mass is 32.2. The fraction of sp³-hybridized carbons (Fsp3) is 1.00. The van der Waals surface area contributed by atoms with Crippen molar-refractivity contribution in [1.29, 1.82) is 0 Å². The van der Waals surface area contributed by atoms with E-state index in [0.29, 0.717) is 12.8 Å². The topological polar surface area (TPSA) is 43.4 Å². The molecule has 0 rings (SSSR count). The molecular weight excluding hydrogens is 339 g/mol. The largest absolute Gasteiger partial charge is 0.270 e. The average Bonchev–Trinajstić information content (AvgIpc) is 2.58. The van der Waals surface area contributed by atoms with Crippen molar-refractivity contribution in [2.45, 2.75) is 110 Å². The number of unbranched alkanes of at least 4 members (excludes halogenated alkanes) is 14. The Morgan fingerprint density at radius 2 is 1.08 bits per heavy atom. The lowest BCUT2D eigenvalue weighted by Crippen LogP contribution is -2.11. The zero-order valence-corrected chi connectivity index (χ0v) is 17.3. The first kappa shape index (κ1) is 24.8. The lowest BCUT2D eigenvalue weighted by atomic mass is 10.0. The highest BCUT2D eigenvalue weighted by Gasteiger charge is 2.10. The van der Waals surface area contributed by atoms with Gasteiger partial charge in [0, 0.05) is 0 Å². The summed E-state index contributed by atoms with van der Waals surface area (Å²) in [5.41, 5.74) is 0. The molecule has 0 unspecified atom stereocenters. The lowest BCUT2D eigenvalue weighted by Gasteiger charge is -2.05. The molecule has 0 aromatic carbocycles. The van der Waals surface area contributed by atoms with Crippen LogP contribution in [-0.2, 0) is 14.3 Å². The summed E-state index contributed by atoms with van der Waals surface area (Å²) in [6, 6.07) is 0. The van der Waals surface area contributed by atoms with Crippen LogP contribution in [0.3, 0.4) is 0 Å². The first-order chi connectivity index (χ1) is 12.1. The average molecular weight is 381 g/mol. The van der Waals surface area contributed by atoms with Crippen molar-refractivity contribution < 1.29 is 17.0 Å². The van der Waals surface area contributed by atoms with E-state index in [-0.39, 0.29) is 12.4 Å². The fourth-order valence-electron chi connectivity index (χ4n) is 2.91. The minimum atomic E-state index is -3.44. The van der Waals surface area contributed by atoms with Gasteiger partial charge in [0.1, 0.15) is 0 Å². The van der Waals surface area contributed by atoms with Gasteiger partial charge in [0.05, 0.1) is 19.0 Å². The summed E-state index contributed by atoms with van der Waals surface area (Å²) in [7, 11) is -3.44. The van der Waals surface area contributed by atoms with Gasteiger partial charge in [0.2, 0.25) is 0 Å². The predicted octanol–water partition coefficient (Wildman–Crippen LogP) is 6.56. The summed E-state index contributed by atoms with van der Waals surface area (Å²) < 4.78 is 39.9. The van der Waals surface area contributed by atoms with Crippen molar-refractivity contribution in [2.24, 2.45) is 0 Å². The van der Waals surface area contributed by atoms with Crippen LogP contribution in [0.15, 0.2) is 0 Å². The van der Waals surface area contributed by atoms with Crippen LogP contribution in [0.2, 0.25) is 0 Å². The Morgan fingerprint density at radius 1 is 0.640 bits per heavy atom. The van der Waals surface area contributed by atoms with Crippen LogP contribution in [0.25, 0.3) is 0 Å². The smallest absolute Gasteiger partial charge is 0.267 e. The Morgan fingerprint density at radius 3 is 1.52 bits per heavy atom. The molecule has 0 atom stereocenters. The Balaban J connectivity index is 3.21. The SMILES string of the molecule is CCCCCCCCCCCCCCCCOS(=O)(=O)CCCCF. The molecule has 0 aromatic rings. The molecule has 0 bridgehead atoms. The van der Waals surface area contributed by atoms with Crippen LogP contribution in [0.1, 0.15) is 110 Å². The maximum absolute atomic E-state index is 11.9. The van der Waals surface area contributed by atoms with E-state index in [1.807, 2.05) is 0 Å². The third-order valence-corrected chi connectivity index (χ3v) is 5.85. The molecule has 152 valence electrons. The second kappa shape index (κ2) is 18.6. The van der Waals surface area contributed by atoms with E-state index in [9.17, 15) is 12.8 Å². The third-order valence-electron chi connectivity index (χ3n) is 4.54. The van der Waals surface area contributed by atoms with E-state index < -0.39 is 16.8 Å². The van der Waals surface area contributed by atoms with Crippen LogP contribution >= 0.6 is 0 Å². The first-order valence-corrected chi connectivity index (χ1v) is 12.1. The van der Waals surface area contributed by atoms with Crippen LogP contribution in [0.4, 0.5) is 4.39 Å². The van der Waals surface area contributed by atoms with Crippen LogP contribution in [0, 0.1) is 0 Å². The van der Waals surface area contributed by atoms with Crippen molar-refractivity contribution in [2.75, 3.05) is 19.0 Å². The molecule has 0 N–H and O–H groups in total. The van der Waals surface area contributed by atoms with Gasteiger partial charge in [0.15, 0.2) is 0 Å². The lowest BCUT2D eigenvalue weighted by molar-refractivity contribution is 0.305. The van der Waals surface area contributed by atoms with Crippen molar-refractivity contribution in [3.05, 3.63) is 0 Å². The molecule has 0 heterocycles. The molecule has 0 amide bonds. The molecule has 0 aliphatic rings. The van der Waals surface area contributed by atoms with Gasteiger partial charge >= 0.3 is 0 Å². The van der Waals surface area contributed by atoms with Crippen molar-refractivity contribution in [3.8, 4) is 0 Å². The van der Waals surface area contributed by atoms with Gasteiger partial charge in [-0.2, -0.15) is 8.42 Å². The molecule has 3 nitrogen and oxygen atoms in total. The fourth-order valence-corrected chi connectivity index (χ4v) is 3.96. The summed E-state index contributed by atoms with van der Waals surface area (Å²) >= 11 is 0. The number of alkyl halides is 1. The zero-order chi connectivity index (χ0) is 18.6. The maximum Gasteiger partial charge on any atom is 0.267 e. The van der Waals surface area contributed by atoms with Gasteiger partial charge in [0.25, 0.3) is 10.1 Å². The van der Waals surface area contributed by atoms with Crippen LogP contribution in [0.5, 0.6) is 0 Å². The molecule has 0 saturated heterocycles. The van der Waals surface area contributed by atoms with Gasteiger partial charge in [-0.05, 0) is 19.3 Å². The number of hydrogen-bond acceptors (Lipinski definition) is 3. The first-order valence-electron chi connectivity index (χ1n) is 10.6. The minimum absolute atomic E-state index is 0.0600. The molecule has 5 heteroatoms. The Labute approximate surface area is 156 Å². The third kappa shape index (κ3) is 20.0. The predicted molar refractivity (Wildman–Crippen MR) is 105 cm³/mol. The molecule has 0 fully saturated rings. The Kier molecular flexibility index (Phi) is 18.5. The molecule has 0 aliphatic heterocycles. The summed E-state index contributed by atoms with van der Waals surface area (Å²) in [6.07, 6.45) is 18.5. The van der Waals surface area contributed by atoms with E-state index in [1.54, 1.807) is 0 Å². The highest BCUT2D eigenvalue weighted by Crippen LogP contribution is 2.13. The number of rotatable bonds is 20. The molecule has 0 saturated carbocycles. The highest BCUT2D eigenvalue weighted by molar-refractivity contribution is 7.86. The van der Waals surface area contributed by atoms with Crippen molar-refractivity contribution >= 4 is 10.1 Å². The van der Waals surface area contributed by atoms with Gasteiger partial charge in [-0.3, -0.25) is 8.57 Å². The zero-order valence-electron chi connectivity index (χ0n) is 16.4. The normalized spacial score (nSPS) is 11.9. The Hall–Kier alpha value is -0.160. The van der Waals surface area contributed by atoms with E-state index >= 15 is 0 Å². The summed E-state index contributed by atoms with van der Waals surface area (Å²) in [5, 5.41) is 0. The van der Waals surface area contributed by atoms with Crippen molar-refractivity contribution in [1.82, 2.24) is 0 Å². The van der Waals surface area contributed by atoms with Gasteiger partial charge in [-0.15, -0.1) is 0 Å². The molecule has 0 radical (unpaired) electrons. The second-order valence-corrected chi connectivity index (χ2v) is 8.84. The van der Waals surface area contributed by atoms with E-state index in [0.717, 1.165) is 19.3 Å². The van der Waals surface area contributed by atoms with Crippen molar-refractivity contribution in [3.63, 3.8) is 0 Å². The molecule has 0 aromatic heterocycles. The summed E-state index contributed by atoms with van der Waals surface area (Å²) in [5.74, 6) is -0.0600. The molecule has 0 spiro atoms. The van der Waals surface area contributed by atoms with Crippen LogP contribution < -0.4 is 0 Å². The molecule has 0 aliphatic carbocycles. The summed E-state index contributed by atoms with van der Waals surface area (Å²) in [6.45, 7) is 2.07. The summed E-state index contributed by atoms with van der Waals surface area (Å²) in [4.78, 5) is 0. The molecule has 25 heavy (non-hydrogen) atoms. The minimum Gasteiger partial charge on any atom is -0.270 e. The Bertz CT molecular complexity index is 358.